The molecule has 118 valence electrons. The van der Waals surface area contributed by atoms with Crippen LogP contribution in [0.4, 0.5) is 5.69 Å². The van der Waals surface area contributed by atoms with Gasteiger partial charge in [-0.25, -0.2) is 0 Å². The molecule has 0 saturated carbocycles. The van der Waals surface area contributed by atoms with E-state index in [0.29, 0.717) is 11.5 Å². The Morgan fingerprint density at radius 1 is 1.21 bits per heavy atom. The second-order valence-corrected chi connectivity index (χ2v) is 6.44. The van der Waals surface area contributed by atoms with E-state index in [4.69, 9.17) is 9.68 Å². The van der Waals surface area contributed by atoms with Crippen molar-refractivity contribution in [2.45, 2.75) is 10.1 Å². The van der Waals surface area contributed by atoms with Gasteiger partial charge in [0.25, 0.3) is 10.9 Å². The molecule has 0 fully saturated rings. The Bertz CT molecular complexity index is 950. The highest BCUT2D eigenvalue weighted by molar-refractivity contribution is 9.10. The second kappa shape index (κ2) is 6.82. The topological polar surface area (TPSA) is 106 Å². The van der Waals surface area contributed by atoms with Crippen molar-refractivity contribution in [2.75, 3.05) is 0 Å². The van der Waals surface area contributed by atoms with Gasteiger partial charge in [-0.2, -0.15) is 5.26 Å². The monoisotopic (exact) mass is 402 g/mol. The van der Waals surface area contributed by atoms with Crippen molar-refractivity contribution in [1.82, 2.24) is 10.2 Å². The lowest BCUT2D eigenvalue weighted by Gasteiger charge is -2.00. The number of hydrogen-bond acceptors (Lipinski definition) is 7. The van der Waals surface area contributed by atoms with Crippen LogP contribution < -0.4 is 0 Å². The fraction of sp³-hybridized carbons (Fsp3) is 0. The van der Waals surface area contributed by atoms with E-state index in [2.05, 4.69) is 26.1 Å². The zero-order valence-corrected chi connectivity index (χ0v) is 14.2. The van der Waals surface area contributed by atoms with Crippen molar-refractivity contribution >= 4 is 33.4 Å². The molecule has 0 unspecified atom stereocenters. The van der Waals surface area contributed by atoms with Crippen LogP contribution in [-0.2, 0) is 0 Å². The molecule has 0 radical (unpaired) electrons. The number of aromatic nitrogens is 2. The first-order valence-electron chi connectivity index (χ1n) is 6.52. The summed E-state index contributed by atoms with van der Waals surface area (Å²) in [6.07, 6.45) is 0. The Morgan fingerprint density at radius 3 is 2.62 bits per heavy atom. The molecule has 24 heavy (non-hydrogen) atoms. The molecule has 0 bridgehead atoms. The van der Waals surface area contributed by atoms with Crippen LogP contribution in [0.5, 0.6) is 0 Å². The minimum Gasteiger partial charge on any atom is -0.411 e. The lowest BCUT2D eigenvalue weighted by Crippen LogP contribution is -1.91. The molecule has 2 aromatic carbocycles. The number of nitriles is 1. The molecule has 0 saturated heterocycles. The van der Waals surface area contributed by atoms with Crippen molar-refractivity contribution < 1.29 is 9.34 Å². The third-order valence-electron chi connectivity index (χ3n) is 2.98. The minimum absolute atomic E-state index is 0.123. The normalized spacial score (nSPS) is 10.3. The Labute approximate surface area is 148 Å². The number of hydrogen-bond donors (Lipinski definition) is 0. The smallest absolute Gasteiger partial charge is 0.283 e. The average Bonchev–Trinajstić information content (AvgIpc) is 3.03. The van der Waals surface area contributed by atoms with Gasteiger partial charge in [0.2, 0.25) is 5.89 Å². The third-order valence-corrected chi connectivity index (χ3v) is 4.40. The summed E-state index contributed by atoms with van der Waals surface area (Å²) in [7, 11) is 0. The van der Waals surface area contributed by atoms with Crippen molar-refractivity contribution in [3.63, 3.8) is 0 Å². The maximum absolute atomic E-state index is 11.1. The van der Waals surface area contributed by atoms with E-state index < -0.39 is 4.92 Å². The fourth-order valence-corrected chi connectivity index (χ4v) is 2.96. The number of halogens is 1. The van der Waals surface area contributed by atoms with E-state index in [9.17, 15) is 10.1 Å². The minimum atomic E-state index is -0.518. The quantitative estimate of drug-likeness (QED) is 0.469. The molecule has 0 aliphatic rings. The first-order chi connectivity index (χ1) is 11.6. The summed E-state index contributed by atoms with van der Waals surface area (Å²) in [5.41, 5.74) is 0.927. The van der Waals surface area contributed by atoms with Crippen LogP contribution in [0.1, 0.15) is 5.56 Å². The largest absolute Gasteiger partial charge is 0.411 e. The van der Waals surface area contributed by atoms with Gasteiger partial charge in [-0.3, -0.25) is 10.1 Å². The van der Waals surface area contributed by atoms with E-state index in [1.165, 1.54) is 18.2 Å². The van der Waals surface area contributed by atoms with Gasteiger partial charge in [0.15, 0.2) is 0 Å². The summed E-state index contributed by atoms with van der Waals surface area (Å²) < 4.78 is 6.46. The number of rotatable bonds is 4. The highest BCUT2D eigenvalue weighted by atomic mass is 79.9. The van der Waals surface area contributed by atoms with Crippen molar-refractivity contribution in [3.05, 3.63) is 62.6 Å². The standard InChI is InChI=1S/C15H7BrN4O3S/c16-11-4-2-10(3-5-11)14-18-19-15(23-14)24-13-7-9(8-17)1-6-12(13)20(21)22/h1-7H. The van der Waals surface area contributed by atoms with E-state index in [-0.39, 0.29) is 15.8 Å². The van der Waals surface area contributed by atoms with Crippen molar-refractivity contribution in [3.8, 4) is 17.5 Å². The van der Waals surface area contributed by atoms with Crippen LogP contribution in [0, 0.1) is 21.4 Å². The average molecular weight is 403 g/mol. The highest BCUT2D eigenvalue weighted by Gasteiger charge is 2.19. The van der Waals surface area contributed by atoms with Gasteiger partial charge in [-0.15, -0.1) is 10.2 Å². The Hall–Kier alpha value is -2.70. The zero-order chi connectivity index (χ0) is 17.1. The summed E-state index contributed by atoms with van der Waals surface area (Å²) in [5, 5.41) is 28.1. The van der Waals surface area contributed by atoms with Crippen LogP contribution >= 0.6 is 27.7 Å². The van der Waals surface area contributed by atoms with Gasteiger partial charge in [-0.05, 0) is 48.2 Å². The fourth-order valence-electron chi connectivity index (χ4n) is 1.87. The molecule has 3 rings (SSSR count). The number of nitrogens with zero attached hydrogens (tertiary/aromatic N) is 4. The van der Waals surface area contributed by atoms with Crippen LogP contribution in [0.3, 0.4) is 0 Å². The third kappa shape index (κ3) is 3.45. The molecule has 0 aliphatic heterocycles. The summed E-state index contributed by atoms with van der Waals surface area (Å²) in [5.74, 6) is 0.309. The first kappa shape index (κ1) is 16.2. The molecular formula is C15H7BrN4O3S. The Balaban J connectivity index is 1.91. The molecule has 0 aliphatic carbocycles. The van der Waals surface area contributed by atoms with Gasteiger partial charge in [0.1, 0.15) is 0 Å². The summed E-state index contributed by atoms with van der Waals surface area (Å²) in [4.78, 5) is 10.9. The maximum atomic E-state index is 11.1. The van der Waals surface area contributed by atoms with E-state index in [1.807, 2.05) is 30.3 Å². The number of benzene rings is 2. The number of nitro groups is 1. The molecule has 3 aromatic rings. The Morgan fingerprint density at radius 2 is 1.96 bits per heavy atom. The summed E-state index contributed by atoms with van der Waals surface area (Å²) in [6.45, 7) is 0. The maximum Gasteiger partial charge on any atom is 0.283 e. The van der Waals surface area contributed by atoms with Gasteiger partial charge in [-0.1, -0.05) is 15.9 Å². The molecule has 0 amide bonds. The van der Waals surface area contributed by atoms with Gasteiger partial charge < -0.3 is 4.42 Å². The second-order valence-electron chi connectivity index (χ2n) is 4.53. The van der Waals surface area contributed by atoms with Crippen LogP contribution in [0.15, 0.2) is 61.5 Å². The molecule has 1 aromatic heterocycles. The van der Waals surface area contributed by atoms with Gasteiger partial charge in [0.05, 0.1) is 21.5 Å². The lowest BCUT2D eigenvalue weighted by atomic mass is 10.2. The molecule has 0 atom stereocenters. The van der Waals surface area contributed by atoms with Gasteiger partial charge in [0, 0.05) is 16.1 Å². The molecule has 0 spiro atoms. The van der Waals surface area contributed by atoms with E-state index in [0.717, 1.165) is 21.8 Å². The predicted molar refractivity (Wildman–Crippen MR) is 89.4 cm³/mol. The molecule has 0 N–H and O–H groups in total. The molecule has 7 nitrogen and oxygen atoms in total. The summed E-state index contributed by atoms with van der Waals surface area (Å²) in [6, 6.07) is 13.4. The first-order valence-corrected chi connectivity index (χ1v) is 8.13. The lowest BCUT2D eigenvalue weighted by molar-refractivity contribution is -0.387. The SMILES string of the molecule is N#Cc1ccc([N+](=O)[O-])c(Sc2nnc(-c3ccc(Br)cc3)o2)c1. The van der Waals surface area contributed by atoms with Gasteiger partial charge >= 0.3 is 0 Å². The van der Waals surface area contributed by atoms with Crippen molar-refractivity contribution in [2.24, 2.45) is 0 Å². The van der Waals surface area contributed by atoms with E-state index >= 15 is 0 Å². The number of nitro benzene ring substituents is 1. The van der Waals surface area contributed by atoms with E-state index in [1.54, 1.807) is 0 Å². The Kier molecular flexibility index (Phi) is 4.59. The zero-order valence-electron chi connectivity index (χ0n) is 11.8. The molecule has 1 heterocycles. The molecule has 9 heteroatoms. The molecular weight excluding hydrogens is 396 g/mol. The van der Waals surface area contributed by atoms with Crippen LogP contribution in [0.25, 0.3) is 11.5 Å². The highest BCUT2D eigenvalue weighted by Crippen LogP contribution is 2.35. The van der Waals surface area contributed by atoms with Crippen molar-refractivity contribution in [1.29, 1.82) is 5.26 Å². The van der Waals surface area contributed by atoms with Crippen LogP contribution in [-0.4, -0.2) is 15.1 Å². The predicted octanol–water partition coefficient (Wildman–Crippen LogP) is 4.43. The van der Waals surface area contributed by atoms with Crippen LogP contribution in [0.2, 0.25) is 0 Å². The summed E-state index contributed by atoms with van der Waals surface area (Å²) >= 11 is 4.29.